The molecule has 2 atom stereocenters. The predicted octanol–water partition coefficient (Wildman–Crippen LogP) is 5.00. The molecule has 2 heteroatoms. The first-order chi connectivity index (χ1) is 9.45. The second kappa shape index (κ2) is 6.26. The second-order valence-corrected chi connectivity index (χ2v) is 6.94. The van der Waals surface area contributed by atoms with Gasteiger partial charge >= 0.3 is 0 Å². The Morgan fingerprint density at radius 3 is 2.75 bits per heavy atom. The molecular weight excluding hydrogens is 249 g/mol. The van der Waals surface area contributed by atoms with Crippen LogP contribution in [-0.2, 0) is 0 Å². The van der Waals surface area contributed by atoms with E-state index < -0.39 is 0 Å². The van der Waals surface area contributed by atoms with Gasteiger partial charge in [0.25, 0.3) is 0 Å². The summed E-state index contributed by atoms with van der Waals surface area (Å²) in [5, 5.41) is 3.61. The fourth-order valence-corrected chi connectivity index (χ4v) is 3.64. The van der Waals surface area contributed by atoms with E-state index in [1.165, 1.54) is 19.3 Å². The fourth-order valence-electron chi connectivity index (χ4n) is 3.64. The molecular formula is C18H28FN. The van der Waals surface area contributed by atoms with Crippen molar-refractivity contribution in [3.05, 3.63) is 35.1 Å². The maximum Gasteiger partial charge on any atom is 0.128 e. The molecule has 1 saturated carbocycles. The molecule has 0 saturated heterocycles. The number of hydrogen-bond donors (Lipinski definition) is 1. The van der Waals surface area contributed by atoms with E-state index in [-0.39, 0.29) is 11.9 Å². The van der Waals surface area contributed by atoms with E-state index in [2.05, 4.69) is 26.1 Å². The maximum absolute atomic E-state index is 14.3. The van der Waals surface area contributed by atoms with Crippen molar-refractivity contribution in [2.24, 2.45) is 11.3 Å². The normalized spacial score (nSPS) is 22.9. The molecule has 0 radical (unpaired) electrons. The van der Waals surface area contributed by atoms with Gasteiger partial charge in [-0.3, -0.25) is 0 Å². The first-order valence-electron chi connectivity index (χ1n) is 7.95. The van der Waals surface area contributed by atoms with Gasteiger partial charge in [-0.1, -0.05) is 44.9 Å². The monoisotopic (exact) mass is 277 g/mol. The molecule has 1 aromatic rings. The lowest BCUT2D eigenvalue weighted by Crippen LogP contribution is -2.35. The highest BCUT2D eigenvalue weighted by Crippen LogP contribution is 2.49. The smallest absolute Gasteiger partial charge is 0.128 e. The molecule has 1 fully saturated rings. The molecule has 1 nitrogen and oxygen atoms in total. The van der Waals surface area contributed by atoms with E-state index in [1.807, 2.05) is 19.1 Å². The molecule has 0 aliphatic heterocycles. The van der Waals surface area contributed by atoms with Crippen LogP contribution in [0.3, 0.4) is 0 Å². The molecule has 2 unspecified atom stereocenters. The van der Waals surface area contributed by atoms with Crippen LogP contribution < -0.4 is 5.32 Å². The summed E-state index contributed by atoms with van der Waals surface area (Å²) in [5.41, 5.74) is 2.29. The van der Waals surface area contributed by atoms with E-state index in [1.54, 1.807) is 6.07 Å². The van der Waals surface area contributed by atoms with E-state index >= 15 is 0 Å². The third kappa shape index (κ3) is 3.22. The van der Waals surface area contributed by atoms with Crippen LogP contribution in [0.2, 0.25) is 0 Å². The van der Waals surface area contributed by atoms with Gasteiger partial charge in [0.05, 0.1) is 0 Å². The van der Waals surface area contributed by atoms with E-state index in [9.17, 15) is 4.39 Å². The Morgan fingerprint density at radius 1 is 1.40 bits per heavy atom. The van der Waals surface area contributed by atoms with E-state index in [0.29, 0.717) is 11.3 Å². The molecule has 1 aromatic carbocycles. The summed E-state index contributed by atoms with van der Waals surface area (Å²) in [6.45, 7) is 9.82. The Kier molecular flexibility index (Phi) is 4.85. The molecule has 1 aliphatic rings. The lowest BCUT2D eigenvalue weighted by atomic mass is 9.75. The Bertz CT molecular complexity index is 453. The summed E-state index contributed by atoms with van der Waals surface area (Å²) in [6.07, 6.45) is 4.78. The van der Waals surface area contributed by atoms with Gasteiger partial charge in [0.2, 0.25) is 0 Å². The highest BCUT2D eigenvalue weighted by molar-refractivity contribution is 5.28. The molecule has 0 spiro atoms. The van der Waals surface area contributed by atoms with Crippen LogP contribution in [0.15, 0.2) is 18.2 Å². The van der Waals surface area contributed by atoms with E-state index in [0.717, 1.165) is 24.1 Å². The van der Waals surface area contributed by atoms with Gasteiger partial charge < -0.3 is 5.32 Å². The van der Waals surface area contributed by atoms with Crippen LogP contribution >= 0.6 is 0 Å². The largest absolute Gasteiger partial charge is 0.310 e. The van der Waals surface area contributed by atoms with Crippen LogP contribution in [0.25, 0.3) is 0 Å². The number of aryl methyl sites for hydroxylation is 1. The highest BCUT2D eigenvalue weighted by atomic mass is 19.1. The average Bonchev–Trinajstić information content (AvgIpc) is 2.74. The zero-order valence-corrected chi connectivity index (χ0v) is 13.3. The molecule has 112 valence electrons. The SMILES string of the molecule is CCCNC(c1cc(C)ccc1F)C1CCCC1(C)C. The third-order valence-corrected chi connectivity index (χ3v) is 4.84. The molecule has 1 aliphatic carbocycles. The zero-order valence-electron chi connectivity index (χ0n) is 13.3. The van der Waals surface area contributed by atoms with Gasteiger partial charge in [-0.25, -0.2) is 4.39 Å². The third-order valence-electron chi connectivity index (χ3n) is 4.84. The fraction of sp³-hybridized carbons (Fsp3) is 0.667. The summed E-state index contributed by atoms with van der Waals surface area (Å²) in [7, 11) is 0. The summed E-state index contributed by atoms with van der Waals surface area (Å²) in [5.74, 6) is 0.456. The van der Waals surface area contributed by atoms with Crippen molar-refractivity contribution >= 4 is 0 Å². The standard InChI is InChI=1S/C18H28FN/c1-5-11-20-17(15-7-6-10-18(15,3)4)14-12-13(2)8-9-16(14)19/h8-9,12,15,17,20H,5-7,10-11H2,1-4H3. The Morgan fingerprint density at radius 2 is 2.15 bits per heavy atom. The summed E-state index contributed by atoms with van der Waals surface area (Å²) in [4.78, 5) is 0. The minimum atomic E-state index is -0.0631. The van der Waals surface area contributed by atoms with Crippen molar-refractivity contribution in [3.63, 3.8) is 0 Å². The Balaban J connectivity index is 2.34. The predicted molar refractivity (Wildman–Crippen MR) is 83.3 cm³/mol. The summed E-state index contributed by atoms with van der Waals surface area (Å²) < 4.78 is 14.3. The molecule has 0 heterocycles. The number of rotatable bonds is 5. The van der Waals surface area contributed by atoms with Crippen LogP contribution in [0.5, 0.6) is 0 Å². The first kappa shape index (κ1) is 15.5. The van der Waals surface area contributed by atoms with Gasteiger partial charge in [0.1, 0.15) is 5.82 Å². The average molecular weight is 277 g/mol. The number of nitrogens with one attached hydrogen (secondary N) is 1. The number of hydrogen-bond acceptors (Lipinski definition) is 1. The molecule has 0 amide bonds. The van der Waals surface area contributed by atoms with Crippen molar-refractivity contribution in [1.29, 1.82) is 0 Å². The lowest BCUT2D eigenvalue weighted by Gasteiger charge is -2.35. The molecule has 1 N–H and O–H groups in total. The van der Waals surface area contributed by atoms with Crippen molar-refractivity contribution < 1.29 is 4.39 Å². The number of benzene rings is 1. The Hall–Kier alpha value is -0.890. The van der Waals surface area contributed by atoms with Gasteiger partial charge in [-0.05, 0) is 50.1 Å². The number of halogens is 1. The van der Waals surface area contributed by atoms with Gasteiger partial charge in [-0.15, -0.1) is 0 Å². The molecule has 2 rings (SSSR count). The summed E-state index contributed by atoms with van der Waals surface area (Å²) in [6, 6.07) is 5.65. The van der Waals surface area contributed by atoms with Crippen LogP contribution in [0.4, 0.5) is 4.39 Å². The van der Waals surface area contributed by atoms with Crippen LogP contribution in [0, 0.1) is 24.1 Å². The minimum absolute atomic E-state index is 0.0631. The molecule has 0 bridgehead atoms. The van der Waals surface area contributed by atoms with Crippen molar-refractivity contribution in [3.8, 4) is 0 Å². The topological polar surface area (TPSA) is 12.0 Å². The first-order valence-corrected chi connectivity index (χ1v) is 7.95. The molecule has 0 aromatic heterocycles. The van der Waals surface area contributed by atoms with Gasteiger partial charge in [0, 0.05) is 11.6 Å². The minimum Gasteiger partial charge on any atom is -0.310 e. The van der Waals surface area contributed by atoms with Crippen LogP contribution in [-0.4, -0.2) is 6.54 Å². The van der Waals surface area contributed by atoms with E-state index in [4.69, 9.17) is 0 Å². The van der Waals surface area contributed by atoms with Crippen molar-refractivity contribution in [1.82, 2.24) is 5.32 Å². The second-order valence-electron chi connectivity index (χ2n) is 6.94. The zero-order chi connectivity index (χ0) is 14.8. The maximum atomic E-state index is 14.3. The van der Waals surface area contributed by atoms with Crippen molar-refractivity contribution in [2.45, 2.75) is 59.4 Å². The lowest BCUT2D eigenvalue weighted by molar-refractivity contribution is 0.195. The highest BCUT2D eigenvalue weighted by Gasteiger charge is 2.40. The van der Waals surface area contributed by atoms with Gasteiger partial charge in [-0.2, -0.15) is 0 Å². The molecule has 20 heavy (non-hydrogen) atoms. The summed E-state index contributed by atoms with van der Waals surface area (Å²) >= 11 is 0. The quantitative estimate of drug-likeness (QED) is 0.798. The van der Waals surface area contributed by atoms with Gasteiger partial charge in [0.15, 0.2) is 0 Å². The Labute approximate surface area is 123 Å². The van der Waals surface area contributed by atoms with Crippen LogP contribution in [0.1, 0.15) is 63.6 Å². The van der Waals surface area contributed by atoms with Crippen molar-refractivity contribution in [2.75, 3.05) is 6.54 Å².